The number of aryl methyl sites for hydroxylation is 1. The summed E-state index contributed by atoms with van der Waals surface area (Å²) in [5.41, 5.74) is 1.20. The third-order valence-electron chi connectivity index (χ3n) is 2.64. The fraction of sp³-hybridized carbons (Fsp3) is 0.250. The van der Waals surface area contributed by atoms with Gasteiger partial charge in [0.1, 0.15) is 5.82 Å². The summed E-state index contributed by atoms with van der Waals surface area (Å²) in [5, 5.41) is 17.9. The molecule has 0 fully saturated rings. The minimum atomic E-state index is -0.513. The Morgan fingerprint density at radius 1 is 1.47 bits per heavy atom. The number of hydrogen-bond acceptors (Lipinski definition) is 4. The second-order valence-corrected chi connectivity index (χ2v) is 4.16. The van der Waals surface area contributed by atoms with Crippen molar-refractivity contribution in [2.75, 3.05) is 0 Å². The molecule has 0 saturated carbocycles. The molecule has 100 valence electrons. The topological polar surface area (TPSA) is 73.0 Å². The number of halogens is 1. The average Bonchev–Trinajstić information content (AvgIpc) is 2.75. The van der Waals surface area contributed by atoms with Gasteiger partial charge in [-0.05, 0) is 12.1 Å². The van der Waals surface area contributed by atoms with E-state index in [1.165, 1.54) is 12.1 Å². The van der Waals surface area contributed by atoms with Gasteiger partial charge in [-0.25, -0.2) is 4.39 Å². The van der Waals surface area contributed by atoms with E-state index in [1.807, 2.05) is 6.20 Å². The van der Waals surface area contributed by atoms with Crippen molar-refractivity contribution in [3.63, 3.8) is 0 Å². The molecule has 0 aliphatic heterocycles. The van der Waals surface area contributed by atoms with Gasteiger partial charge in [0.2, 0.25) is 0 Å². The van der Waals surface area contributed by atoms with Crippen LogP contribution in [0.5, 0.6) is 0 Å². The highest BCUT2D eigenvalue weighted by Gasteiger charge is 2.13. The molecule has 0 atom stereocenters. The molecule has 0 amide bonds. The van der Waals surface area contributed by atoms with Crippen LogP contribution in [0.25, 0.3) is 0 Å². The molecule has 1 N–H and O–H groups in total. The quantitative estimate of drug-likeness (QED) is 0.659. The number of benzene rings is 1. The predicted molar refractivity (Wildman–Crippen MR) is 66.8 cm³/mol. The summed E-state index contributed by atoms with van der Waals surface area (Å²) in [7, 11) is 1.81. The maximum atomic E-state index is 13.1. The second kappa shape index (κ2) is 5.57. The smallest absolute Gasteiger partial charge is 0.274 e. The Hall–Kier alpha value is -2.28. The number of hydrogen-bond donors (Lipinski definition) is 1. The van der Waals surface area contributed by atoms with Crippen molar-refractivity contribution in [2.45, 2.75) is 13.1 Å². The Morgan fingerprint density at radius 3 is 2.89 bits per heavy atom. The lowest BCUT2D eigenvalue weighted by molar-refractivity contribution is -0.385. The minimum absolute atomic E-state index is 0.0833. The SMILES string of the molecule is Cn1cc(CNCc2cc(F)ccc2[N+](=O)[O-])cn1. The van der Waals surface area contributed by atoms with Gasteiger partial charge in [0, 0.05) is 43.5 Å². The molecule has 0 aliphatic rings. The van der Waals surface area contributed by atoms with E-state index in [2.05, 4.69) is 10.4 Å². The third kappa shape index (κ3) is 3.35. The molecule has 2 aromatic rings. The van der Waals surface area contributed by atoms with E-state index < -0.39 is 10.7 Å². The lowest BCUT2D eigenvalue weighted by atomic mass is 10.1. The van der Waals surface area contributed by atoms with Crippen LogP contribution in [-0.2, 0) is 20.1 Å². The van der Waals surface area contributed by atoms with E-state index in [0.717, 1.165) is 11.6 Å². The van der Waals surface area contributed by atoms with E-state index in [4.69, 9.17) is 0 Å². The number of aromatic nitrogens is 2. The second-order valence-electron chi connectivity index (χ2n) is 4.16. The van der Waals surface area contributed by atoms with E-state index >= 15 is 0 Å². The zero-order valence-electron chi connectivity index (χ0n) is 10.3. The number of nitro benzene ring substituents is 1. The van der Waals surface area contributed by atoms with Gasteiger partial charge >= 0.3 is 0 Å². The summed E-state index contributed by atoms with van der Waals surface area (Å²) in [6.07, 6.45) is 3.54. The van der Waals surface area contributed by atoms with Gasteiger partial charge in [-0.2, -0.15) is 5.10 Å². The first kappa shape index (κ1) is 13.2. The van der Waals surface area contributed by atoms with Gasteiger partial charge in [-0.3, -0.25) is 14.8 Å². The van der Waals surface area contributed by atoms with Gasteiger partial charge in [0.15, 0.2) is 0 Å². The molecule has 0 unspecified atom stereocenters. The Bertz CT molecular complexity index is 597. The van der Waals surface area contributed by atoms with Crippen molar-refractivity contribution >= 4 is 5.69 Å². The molecule has 7 heteroatoms. The van der Waals surface area contributed by atoms with E-state index in [-0.39, 0.29) is 12.2 Å². The summed E-state index contributed by atoms with van der Waals surface area (Å²) in [6.45, 7) is 0.741. The van der Waals surface area contributed by atoms with Crippen LogP contribution < -0.4 is 5.32 Å². The fourth-order valence-corrected chi connectivity index (χ4v) is 1.78. The van der Waals surface area contributed by atoms with Crippen LogP contribution in [0.2, 0.25) is 0 Å². The Morgan fingerprint density at radius 2 is 2.26 bits per heavy atom. The molecular weight excluding hydrogens is 251 g/mol. The molecular formula is C12H13FN4O2. The molecule has 19 heavy (non-hydrogen) atoms. The standard InChI is InChI=1S/C12H13FN4O2/c1-16-8-9(6-15-16)5-14-7-10-4-11(13)2-3-12(10)17(18)19/h2-4,6,8,14H,5,7H2,1H3. The first-order chi connectivity index (χ1) is 9.06. The number of rotatable bonds is 5. The lowest BCUT2D eigenvalue weighted by Crippen LogP contribution is -2.13. The molecule has 6 nitrogen and oxygen atoms in total. The highest BCUT2D eigenvalue weighted by atomic mass is 19.1. The highest BCUT2D eigenvalue weighted by molar-refractivity contribution is 5.40. The van der Waals surface area contributed by atoms with Crippen LogP contribution in [0.1, 0.15) is 11.1 Å². The lowest BCUT2D eigenvalue weighted by Gasteiger charge is -2.04. The third-order valence-corrected chi connectivity index (χ3v) is 2.64. The first-order valence-electron chi connectivity index (χ1n) is 5.67. The zero-order chi connectivity index (χ0) is 13.8. The normalized spacial score (nSPS) is 10.6. The maximum Gasteiger partial charge on any atom is 0.274 e. The van der Waals surface area contributed by atoms with Crippen molar-refractivity contribution in [1.82, 2.24) is 15.1 Å². The van der Waals surface area contributed by atoms with Crippen LogP contribution in [0.3, 0.4) is 0 Å². The van der Waals surface area contributed by atoms with Gasteiger partial charge in [-0.1, -0.05) is 0 Å². The highest BCUT2D eigenvalue weighted by Crippen LogP contribution is 2.19. The number of nitro groups is 1. The summed E-state index contributed by atoms with van der Waals surface area (Å²) < 4.78 is 14.8. The van der Waals surface area contributed by atoms with Crippen molar-refractivity contribution in [3.8, 4) is 0 Å². The molecule has 0 bridgehead atoms. The molecule has 1 heterocycles. The van der Waals surface area contributed by atoms with Crippen molar-refractivity contribution in [1.29, 1.82) is 0 Å². The summed E-state index contributed by atoms with van der Waals surface area (Å²) in [6, 6.07) is 3.44. The van der Waals surface area contributed by atoms with Crippen LogP contribution in [0, 0.1) is 15.9 Å². The van der Waals surface area contributed by atoms with Crippen molar-refractivity contribution in [2.24, 2.45) is 7.05 Å². The molecule has 0 spiro atoms. The largest absolute Gasteiger partial charge is 0.308 e. The molecule has 1 aromatic carbocycles. The van der Waals surface area contributed by atoms with Crippen molar-refractivity contribution < 1.29 is 9.31 Å². The van der Waals surface area contributed by atoms with Gasteiger partial charge < -0.3 is 5.32 Å². The van der Waals surface area contributed by atoms with Crippen LogP contribution in [0.4, 0.5) is 10.1 Å². The predicted octanol–water partition coefficient (Wildman–Crippen LogP) is 1.76. The molecule has 1 aromatic heterocycles. The van der Waals surface area contributed by atoms with Gasteiger partial charge in [0.25, 0.3) is 5.69 Å². The van der Waals surface area contributed by atoms with E-state index in [0.29, 0.717) is 12.1 Å². The summed E-state index contributed by atoms with van der Waals surface area (Å²) >= 11 is 0. The summed E-state index contributed by atoms with van der Waals surface area (Å²) in [5.74, 6) is -0.483. The maximum absolute atomic E-state index is 13.1. The summed E-state index contributed by atoms with van der Waals surface area (Å²) in [4.78, 5) is 10.3. The minimum Gasteiger partial charge on any atom is -0.308 e. The van der Waals surface area contributed by atoms with Gasteiger partial charge in [-0.15, -0.1) is 0 Å². The van der Waals surface area contributed by atoms with E-state index in [1.54, 1.807) is 17.9 Å². The Labute approximate surface area is 109 Å². The molecule has 2 rings (SSSR count). The Balaban J connectivity index is 2.02. The first-order valence-corrected chi connectivity index (χ1v) is 5.67. The molecule has 0 saturated heterocycles. The van der Waals surface area contributed by atoms with Gasteiger partial charge in [0.05, 0.1) is 11.1 Å². The van der Waals surface area contributed by atoms with Crippen LogP contribution in [0.15, 0.2) is 30.6 Å². The number of nitrogens with one attached hydrogen (secondary N) is 1. The average molecular weight is 264 g/mol. The van der Waals surface area contributed by atoms with E-state index in [9.17, 15) is 14.5 Å². The number of nitrogens with zero attached hydrogens (tertiary/aromatic N) is 3. The monoisotopic (exact) mass is 264 g/mol. The van der Waals surface area contributed by atoms with Crippen LogP contribution in [-0.4, -0.2) is 14.7 Å². The van der Waals surface area contributed by atoms with Crippen LogP contribution >= 0.6 is 0 Å². The fourth-order valence-electron chi connectivity index (χ4n) is 1.78. The Kier molecular flexibility index (Phi) is 3.86. The molecule has 0 aliphatic carbocycles. The van der Waals surface area contributed by atoms with Crippen molar-refractivity contribution in [3.05, 3.63) is 57.7 Å². The molecule has 0 radical (unpaired) electrons. The zero-order valence-corrected chi connectivity index (χ0v) is 10.3.